The van der Waals surface area contributed by atoms with Crippen LogP contribution in [-0.4, -0.2) is 29.8 Å². The highest BCUT2D eigenvalue weighted by Gasteiger charge is 2.56. The van der Waals surface area contributed by atoms with Crippen LogP contribution in [0.5, 0.6) is 0 Å². The summed E-state index contributed by atoms with van der Waals surface area (Å²) in [6.45, 7) is -0.917. The molecule has 0 heterocycles. The lowest BCUT2D eigenvalue weighted by Crippen LogP contribution is -2.53. The molecule has 1 aromatic carbocycles. The van der Waals surface area contributed by atoms with Crippen LogP contribution in [0, 0.1) is 17.8 Å². The summed E-state index contributed by atoms with van der Waals surface area (Å²) >= 11 is 0. The van der Waals surface area contributed by atoms with Crippen molar-refractivity contribution < 1.29 is 23.1 Å². The van der Waals surface area contributed by atoms with Crippen LogP contribution in [0.25, 0.3) is 0 Å². The van der Waals surface area contributed by atoms with Gasteiger partial charge in [0.2, 0.25) is 11.5 Å². The molecule has 1 aromatic rings. The second-order valence-corrected chi connectivity index (χ2v) is 6.88. The molecule has 25 heavy (non-hydrogen) atoms. The first kappa shape index (κ1) is 20.0. The third kappa shape index (κ3) is 3.50. The second-order valence-electron chi connectivity index (χ2n) is 6.88. The Bertz CT molecular complexity index is 612. The van der Waals surface area contributed by atoms with Crippen LogP contribution in [-0.2, 0) is 10.4 Å². The Morgan fingerprint density at radius 1 is 1.20 bits per heavy atom. The van der Waals surface area contributed by atoms with Crippen LogP contribution in [0.15, 0.2) is 30.3 Å². The van der Waals surface area contributed by atoms with Crippen LogP contribution in [0.2, 0.25) is 0 Å². The van der Waals surface area contributed by atoms with Gasteiger partial charge in [0, 0.05) is 6.04 Å². The summed E-state index contributed by atoms with van der Waals surface area (Å²) in [5.41, 5.74) is 2.64. The molecule has 2 saturated carbocycles. The van der Waals surface area contributed by atoms with E-state index >= 15 is 0 Å². The molecule has 3 rings (SSSR count). The number of aliphatic hydroxyl groups is 1. The lowest BCUT2D eigenvalue weighted by Gasteiger charge is -2.33. The van der Waals surface area contributed by atoms with E-state index in [1.807, 2.05) is 0 Å². The van der Waals surface area contributed by atoms with Gasteiger partial charge in [0.15, 0.2) is 0 Å². The fourth-order valence-corrected chi connectivity index (χ4v) is 4.14. The van der Waals surface area contributed by atoms with E-state index in [2.05, 4.69) is 5.32 Å². The van der Waals surface area contributed by atoms with E-state index in [0.717, 1.165) is 19.3 Å². The molecule has 4 N–H and O–H groups in total. The fraction of sp³-hybridized carbons (Fsp3) is 0.588. The Labute approximate surface area is 150 Å². The average molecular weight is 379 g/mol. The van der Waals surface area contributed by atoms with Gasteiger partial charge in [-0.25, -0.2) is 0 Å². The number of nitrogens with two attached hydrogens (primary N) is 1. The van der Waals surface area contributed by atoms with Crippen molar-refractivity contribution in [3.63, 3.8) is 0 Å². The van der Waals surface area contributed by atoms with Crippen molar-refractivity contribution in [2.45, 2.75) is 37.1 Å². The summed E-state index contributed by atoms with van der Waals surface area (Å²) in [6, 6.07) is 6.48. The molecule has 2 bridgehead atoms. The normalized spacial score (nSPS) is 30.4. The summed E-state index contributed by atoms with van der Waals surface area (Å²) in [5.74, 6) is -0.535. The fourth-order valence-electron chi connectivity index (χ4n) is 4.14. The first-order chi connectivity index (χ1) is 11.2. The maximum atomic E-state index is 13.4. The minimum absolute atomic E-state index is 0. The van der Waals surface area contributed by atoms with E-state index in [1.54, 1.807) is 6.07 Å². The third-order valence-corrected chi connectivity index (χ3v) is 5.52. The van der Waals surface area contributed by atoms with Crippen molar-refractivity contribution in [1.29, 1.82) is 0 Å². The highest BCUT2D eigenvalue weighted by molar-refractivity contribution is 5.85. The van der Waals surface area contributed by atoms with Crippen molar-refractivity contribution in [3.05, 3.63) is 35.9 Å². The zero-order valence-corrected chi connectivity index (χ0v) is 14.3. The van der Waals surface area contributed by atoms with Crippen molar-refractivity contribution in [3.8, 4) is 0 Å². The van der Waals surface area contributed by atoms with E-state index in [0.29, 0.717) is 0 Å². The third-order valence-electron chi connectivity index (χ3n) is 5.52. The first-order valence-electron chi connectivity index (χ1n) is 8.12. The molecule has 0 radical (unpaired) electrons. The Balaban J connectivity index is 0.00000225. The smallest absolute Gasteiger partial charge is 0.375 e. The first-order valence-corrected chi connectivity index (χ1v) is 8.12. The number of rotatable bonds is 4. The zero-order valence-electron chi connectivity index (χ0n) is 13.5. The number of carbonyl (C=O) groups excluding carboxylic acids is 1. The number of fused-ring (bicyclic) bond motifs is 2. The van der Waals surface area contributed by atoms with E-state index in [4.69, 9.17) is 5.73 Å². The predicted octanol–water partition coefficient (Wildman–Crippen LogP) is 2.35. The van der Waals surface area contributed by atoms with Crippen molar-refractivity contribution in [1.82, 2.24) is 5.32 Å². The van der Waals surface area contributed by atoms with E-state index in [-0.39, 0.29) is 35.8 Å². The Morgan fingerprint density at radius 2 is 1.80 bits per heavy atom. The number of halogens is 4. The maximum Gasteiger partial charge on any atom is 0.423 e. The average Bonchev–Trinajstić information content (AvgIpc) is 3.13. The molecule has 140 valence electrons. The van der Waals surface area contributed by atoms with Crippen molar-refractivity contribution in [2.75, 3.05) is 6.54 Å². The van der Waals surface area contributed by atoms with Gasteiger partial charge in [0.25, 0.3) is 0 Å². The van der Waals surface area contributed by atoms with Crippen LogP contribution >= 0.6 is 12.4 Å². The van der Waals surface area contributed by atoms with Gasteiger partial charge in [-0.2, -0.15) is 13.2 Å². The highest BCUT2D eigenvalue weighted by Crippen LogP contribution is 2.47. The minimum Gasteiger partial charge on any atom is -0.375 e. The maximum absolute atomic E-state index is 13.4. The highest BCUT2D eigenvalue weighted by atomic mass is 35.5. The summed E-state index contributed by atoms with van der Waals surface area (Å²) in [4.78, 5) is 12.4. The van der Waals surface area contributed by atoms with Gasteiger partial charge >= 0.3 is 6.18 Å². The van der Waals surface area contributed by atoms with Crippen LogP contribution < -0.4 is 11.1 Å². The van der Waals surface area contributed by atoms with E-state index in [1.165, 1.54) is 24.3 Å². The molecule has 8 heteroatoms. The van der Waals surface area contributed by atoms with Crippen LogP contribution in [0.1, 0.15) is 24.8 Å². The van der Waals surface area contributed by atoms with Gasteiger partial charge < -0.3 is 16.2 Å². The molecule has 0 aliphatic heterocycles. The number of amides is 1. The molecule has 0 aromatic heterocycles. The van der Waals surface area contributed by atoms with Crippen LogP contribution in [0.4, 0.5) is 13.2 Å². The number of carbonyl (C=O) groups is 1. The molecule has 2 fully saturated rings. The number of hydrogen-bond donors (Lipinski definition) is 3. The molecule has 2 aliphatic carbocycles. The monoisotopic (exact) mass is 378 g/mol. The molecular formula is C17H22ClF3N2O2. The van der Waals surface area contributed by atoms with Crippen LogP contribution in [0.3, 0.4) is 0 Å². The van der Waals surface area contributed by atoms with Gasteiger partial charge in [-0.1, -0.05) is 30.3 Å². The standard InChI is InChI=1S/C17H21F3N2O2.ClH/c18-17(19,20)16(24,12-4-2-1-3-5-12)9-22-15(23)13-10-6-7-11(8-10)14(13)21;/h1-5,10-11,13-14,24H,6-9,21H2,(H,22,23);1H. The summed E-state index contributed by atoms with van der Waals surface area (Å²) in [6.07, 6.45) is -2.18. The molecular weight excluding hydrogens is 357 g/mol. The molecule has 5 unspecified atom stereocenters. The van der Waals surface area contributed by atoms with E-state index in [9.17, 15) is 23.1 Å². The largest absolute Gasteiger partial charge is 0.423 e. The number of hydrogen-bond acceptors (Lipinski definition) is 3. The molecule has 1 amide bonds. The number of nitrogens with one attached hydrogen (secondary N) is 1. The van der Waals surface area contributed by atoms with Crippen molar-refractivity contribution in [2.24, 2.45) is 23.5 Å². The minimum atomic E-state index is -4.90. The lowest BCUT2D eigenvalue weighted by molar-refractivity contribution is -0.264. The lowest BCUT2D eigenvalue weighted by atomic mass is 9.84. The van der Waals surface area contributed by atoms with Gasteiger partial charge in [0.1, 0.15) is 0 Å². The zero-order chi connectivity index (χ0) is 17.5. The van der Waals surface area contributed by atoms with Gasteiger partial charge in [-0.15, -0.1) is 12.4 Å². The molecule has 0 saturated heterocycles. The molecule has 2 aliphatic rings. The van der Waals surface area contributed by atoms with E-state index < -0.39 is 30.1 Å². The predicted molar refractivity (Wildman–Crippen MR) is 88.9 cm³/mol. The van der Waals surface area contributed by atoms with Crippen molar-refractivity contribution >= 4 is 18.3 Å². The molecule has 0 spiro atoms. The summed E-state index contributed by atoms with van der Waals surface area (Å²) in [5, 5.41) is 12.5. The summed E-state index contributed by atoms with van der Waals surface area (Å²) < 4.78 is 40.3. The second kappa shape index (κ2) is 7.13. The number of alkyl halides is 3. The number of benzene rings is 1. The van der Waals surface area contributed by atoms with Gasteiger partial charge in [-0.05, 0) is 36.7 Å². The quantitative estimate of drug-likeness (QED) is 0.752. The Morgan fingerprint density at radius 3 is 2.32 bits per heavy atom. The Hall–Kier alpha value is -1.31. The SMILES string of the molecule is Cl.NC1C2CCC(C2)C1C(=O)NCC(O)(c1ccccc1)C(F)(F)F. The van der Waals surface area contributed by atoms with Gasteiger partial charge in [0.05, 0.1) is 12.5 Å². The molecule has 4 nitrogen and oxygen atoms in total. The molecule has 5 atom stereocenters. The topological polar surface area (TPSA) is 75.4 Å². The van der Waals surface area contributed by atoms with Gasteiger partial charge in [-0.3, -0.25) is 4.79 Å². The summed E-state index contributed by atoms with van der Waals surface area (Å²) in [7, 11) is 0. The Kier molecular flexibility index (Phi) is 5.71.